The summed E-state index contributed by atoms with van der Waals surface area (Å²) in [5.41, 5.74) is -0.870. The van der Waals surface area contributed by atoms with Gasteiger partial charge in [0.2, 0.25) is 5.91 Å². The molecule has 3 saturated heterocycles. The summed E-state index contributed by atoms with van der Waals surface area (Å²) < 4.78 is 20.5. The molecule has 9 heteroatoms. The van der Waals surface area contributed by atoms with Crippen LogP contribution in [0, 0.1) is 17.7 Å². The number of nitrogens with zero attached hydrogens (tertiary/aromatic N) is 2. The van der Waals surface area contributed by atoms with Crippen LogP contribution < -0.4 is 0 Å². The summed E-state index contributed by atoms with van der Waals surface area (Å²) in [6, 6.07) is 4.16. The first-order chi connectivity index (χ1) is 13.4. The zero-order valence-corrected chi connectivity index (χ0v) is 17.0. The maximum absolute atomic E-state index is 14.3. The van der Waals surface area contributed by atoms with Crippen molar-refractivity contribution in [2.45, 2.75) is 11.7 Å². The van der Waals surface area contributed by atoms with Crippen LogP contribution in [0.15, 0.2) is 18.2 Å². The number of carbonyl (C=O) groups excluding carboxylic acids is 2. The van der Waals surface area contributed by atoms with Crippen LogP contribution in [-0.4, -0.2) is 83.2 Å². The van der Waals surface area contributed by atoms with Gasteiger partial charge in [-0.05, 0) is 18.4 Å². The molecular weight excluding hydrogens is 407 g/mol. The Morgan fingerprint density at radius 2 is 2.11 bits per heavy atom. The van der Waals surface area contributed by atoms with E-state index in [1.54, 1.807) is 9.80 Å². The fourth-order valence-electron chi connectivity index (χ4n) is 4.85. The molecule has 3 aliphatic rings. The number of hydrogen-bond acceptors (Lipinski definition) is 5. The highest BCUT2D eigenvalue weighted by molar-refractivity contribution is 7.99. The molecule has 4 atom stereocenters. The number of hydrogen-bond donors (Lipinski definition) is 1. The van der Waals surface area contributed by atoms with E-state index >= 15 is 0 Å². The van der Waals surface area contributed by atoms with Crippen molar-refractivity contribution in [2.75, 3.05) is 44.8 Å². The minimum atomic E-state index is -0.724. The molecular formula is C19H22ClFN2O4S. The summed E-state index contributed by atoms with van der Waals surface area (Å²) in [6.45, 7) is 1.31. The monoisotopic (exact) mass is 428 g/mol. The van der Waals surface area contributed by atoms with Crippen LogP contribution in [0.25, 0.3) is 0 Å². The predicted octanol–water partition coefficient (Wildman–Crippen LogP) is 1.50. The number of thioether (sulfide) groups is 1. The molecule has 1 aromatic carbocycles. The Hall–Kier alpha value is -1.35. The average molecular weight is 429 g/mol. The lowest BCUT2D eigenvalue weighted by Crippen LogP contribution is -2.56. The van der Waals surface area contributed by atoms with E-state index in [-0.39, 0.29) is 54.1 Å². The Bertz CT molecular complexity index is 792. The molecule has 0 radical (unpaired) electrons. The number of halogens is 2. The van der Waals surface area contributed by atoms with Crippen molar-refractivity contribution >= 4 is 35.2 Å². The lowest BCUT2D eigenvalue weighted by Gasteiger charge is -2.40. The van der Waals surface area contributed by atoms with Gasteiger partial charge >= 0.3 is 0 Å². The van der Waals surface area contributed by atoms with E-state index in [0.717, 1.165) is 0 Å². The third kappa shape index (κ3) is 3.10. The minimum Gasteiger partial charge on any atom is -0.396 e. The van der Waals surface area contributed by atoms with E-state index in [0.29, 0.717) is 18.8 Å². The molecule has 0 aliphatic carbocycles. The first-order valence-electron chi connectivity index (χ1n) is 9.19. The number of rotatable bonds is 4. The standard InChI is InChI=1S/C19H22ClFN2O4S/c1-28-8-16(25)22-5-12-11(7-24)15-6-23(10-19(12,9-22)27-15)18(26)17-13(20)3-2-4-14(17)21/h2-4,11-12,15,24H,5-10H2,1H3/t11-,12+,15+,19-/m0/s1. The zero-order chi connectivity index (χ0) is 20.1. The van der Waals surface area contributed by atoms with Gasteiger partial charge in [0.05, 0.1) is 35.5 Å². The first kappa shape index (κ1) is 19.9. The van der Waals surface area contributed by atoms with Crippen molar-refractivity contribution in [3.05, 3.63) is 34.6 Å². The van der Waals surface area contributed by atoms with E-state index < -0.39 is 17.3 Å². The number of likely N-dealkylation sites (tertiary alicyclic amines) is 2. The average Bonchev–Trinajstić information content (AvgIpc) is 3.09. The van der Waals surface area contributed by atoms with Gasteiger partial charge < -0.3 is 19.6 Å². The maximum Gasteiger partial charge on any atom is 0.258 e. The summed E-state index contributed by atoms with van der Waals surface area (Å²) in [6.07, 6.45) is 1.53. The normalized spacial score (nSPS) is 31.2. The van der Waals surface area contributed by atoms with Gasteiger partial charge in [0.15, 0.2) is 0 Å². The van der Waals surface area contributed by atoms with E-state index in [1.807, 2.05) is 6.26 Å². The third-order valence-electron chi connectivity index (χ3n) is 6.09. The van der Waals surface area contributed by atoms with Gasteiger partial charge in [0, 0.05) is 31.5 Å². The molecule has 3 aliphatic heterocycles. The Balaban J connectivity index is 1.62. The number of carbonyl (C=O) groups is 2. The summed E-state index contributed by atoms with van der Waals surface area (Å²) in [4.78, 5) is 28.8. The molecule has 152 valence electrons. The highest BCUT2D eigenvalue weighted by Gasteiger charge is 2.63. The quantitative estimate of drug-likeness (QED) is 0.787. The molecule has 1 spiro atoms. The highest BCUT2D eigenvalue weighted by Crippen LogP contribution is 2.49. The zero-order valence-electron chi connectivity index (χ0n) is 15.4. The Morgan fingerprint density at radius 3 is 2.79 bits per heavy atom. The summed E-state index contributed by atoms with van der Waals surface area (Å²) >= 11 is 7.54. The van der Waals surface area contributed by atoms with Crippen molar-refractivity contribution in [1.29, 1.82) is 0 Å². The van der Waals surface area contributed by atoms with Crippen LogP contribution in [0.5, 0.6) is 0 Å². The molecule has 2 bridgehead atoms. The van der Waals surface area contributed by atoms with Gasteiger partial charge in [0.25, 0.3) is 5.91 Å². The summed E-state index contributed by atoms with van der Waals surface area (Å²) in [7, 11) is 0. The molecule has 3 fully saturated rings. The van der Waals surface area contributed by atoms with Gasteiger partial charge in [-0.15, -0.1) is 0 Å². The molecule has 2 amide bonds. The second kappa shape index (κ2) is 7.48. The van der Waals surface area contributed by atoms with Gasteiger partial charge in [-0.2, -0.15) is 11.8 Å². The molecule has 1 N–H and O–H groups in total. The lowest BCUT2D eigenvalue weighted by molar-refractivity contribution is -0.134. The highest BCUT2D eigenvalue weighted by atomic mass is 35.5. The summed E-state index contributed by atoms with van der Waals surface area (Å²) in [5.74, 6) is -0.963. The summed E-state index contributed by atoms with van der Waals surface area (Å²) in [5, 5.41) is 10.0. The predicted molar refractivity (Wildman–Crippen MR) is 104 cm³/mol. The molecule has 0 unspecified atom stereocenters. The van der Waals surface area contributed by atoms with Crippen LogP contribution in [0.1, 0.15) is 10.4 Å². The van der Waals surface area contributed by atoms with Crippen molar-refractivity contribution in [2.24, 2.45) is 11.8 Å². The second-order valence-electron chi connectivity index (χ2n) is 7.66. The Morgan fingerprint density at radius 1 is 1.36 bits per heavy atom. The Kier molecular flexibility index (Phi) is 5.33. The molecule has 3 heterocycles. The van der Waals surface area contributed by atoms with Gasteiger partial charge in [-0.25, -0.2) is 4.39 Å². The van der Waals surface area contributed by atoms with Gasteiger partial charge in [0.1, 0.15) is 11.4 Å². The number of morpholine rings is 1. The van der Waals surface area contributed by atoms with Gasteiger partial charge in [-0.3, -0.25) is 9.59 Å². The van der Waals surface area contributed by atoms with Crippen LogP contribution >= 0.6 is 23.4 Å². The van der Waals surface area contributed by atoms with Crippen LogP contribution in [0.2, 0.25) is 5.02 Å². The first-order valence-corrected chi connectivity index (χ1v) is 11.0. The topological polar surface area (TPSA) is 70.1 Å². The number of amides is 2. The molecule has 0 saturated carbocycles. The number of benzene rings is 1. The molecule has 6 nitrogen and oxygen atoms in total. The number of aliphatic hydroxyl groups is 1. The second-order valence-corrected chi connectivity index (χ2v) is 8.94. The SMILES string of the molecule is CSCC(=O)N1C[C@@H]2[C@H](CO)[C@H]3CN(C(=O)c4c(F)cccc4Cl)C[C@]2(C1)O3. The van der Waals surface area contributed by atoms with Crippen LogP contribution in [0.4, 0.5) is 4.39 Å². The molecule has 1 aromatic rings. The Labute approximate surface area is 172 Å². The number of ether oxygens (including phenoxy) is 1. The smallest absolute Gasteiger partial charge is 0.258 e. The minimum absolute atomic E-state index is 0.0220. The fourth-order valence-corrected chi connectivity index (χ4v) is 5.53. The van der Waals surface area contributed by atoms with Crippen molar-refractivity contribution in [1.82, 2.24) is 9.80 Å². The lowest BCUT2D eigenvalue weighted by atomic mass is 9.83. The van der Waals surface area contributed by atoms with E-state index in [1.165, 1.54) is 30.0 Å². The molecule has 4 rings (SSSR count). The van der Waals surface area contributed by atoms with E-state index in [2.05, 4.69) is 0 Å². The van der Waals surface area contributed by atoms with Crippen molar-refractivity contribution in [3.63, 3.8) is 0 Å². The fraction of sp³-hybridized carbons (Fsp3) is 0.579. The third-order valence-corrected chi connectivity index (χ3v) is 6.94. The number of aliphatic hydroxyl groups excluding tert-OH is 1. The van der Waals surface area contributed by atoms with Crippen LogP contribution in [0.3, 0.4) is 0 Å². The largest absolute Gasteiger partial charge is 0.396 e. The maximum atomic E-state index is 14.3. The van der Waals surface area contributed by atoms with E-state index in [4.69, 9.17) is 16.3 Å². The van der Waals surface area contributed by atoms with Crippen molar-refractivity contribution < 1.29 is 23.8 Å². The van der Waals surface area contributed by atoms with E-state index in [9.17, 15) is 19.1 Å². The molecule has 0 aromatic heterocycles. The van der Waals surface area contributed by atoms with Crippen molar-refractivity contribution in [3.8, 4) is 0 Å². The van der Waals surface area contributed by atoms with Gasteiger partial charge in [-0.1, -0.05) is 17.7 Å². The molecule has 28 heavy (non-hydrogen) atoms. The number of fused-ring (bicyclic) bond motifs is 1. The van der Waals surface area contributed by atoms with Crippen LogP contribution in [-0.2, 0) is 9.53 Å².